The second-order valence-corrected chi connectivity index (χ2v) is 5.80. The number of rotatable bonds is 2. The molecule has 2 aliphatic rings. The van der Waals surface area contributed by atoms with Crippen molar-refractivity contribution in [1.82, 2.24) is 10.2 Å². The Labute approximate surface area is 114 Å². The number of piperidine rings is 1. The summed E-state index contributed by atoms with van der Waals surface area (Å²) < 4.78 is 0. The zero-order chi connectivity index (χ0) is 13.3. The molecule has 0 radical (unpaired) electrons. The van der Waals surface area contributed by atoms with E-state index < -0.39 is 0 Å². The maximum Gasteiger partial charge on any atom is 0.231 e. The van der Waals surface area contributed by atoms with E-state index in [0.29, 0.717) is 6.54 Å². The van der Waals surface area contributed by atoms with Gasteiger partial charge in [-0.1, -0.05) is 24.3 Å². The van der Waals surface area contributed by atoms with Crippen LogP contribution in [0.25, 0.3) is 0 Å². The molecule has 0 aromatic heterocycles. The molecule has 1 aromatic rings. The van der Waals surface area contributed by atoms with E-state index in [-0.39, 0.29) is 11.3 Å². The number of hydrogen-bond donors (Lipinski definition) is 2. The molecule has 4 nitrogen and oxygen atoms in total. The van der Waals surface area contributed by atoms with E-state index in [1.54, 1.807) is 0 Å². The molecule has 1 amide bonds. The second-order valence-electron chi connectivity index (χ2n) is 5.80. The molecule has 2 aliphatic heterocycles. The predicted octanol–water partition coefficient (Wildman–Crippen LogP) is 0.609. The molecule has 3 rings (SSSR count). The van der Waals surface area contributed by atoms with Crippen molar-refractivity contribution >= 4 is 5.91 Å². The van der Waals surface area contributed by atoms with Crippen LogP contribution in [0.1, 0.15) is 24.0 Å². The van der Waals surface area contributed by atoms with Crippen molar-refractivity contribution in [3.63, 3.8) is 0 Å². The molecule has 1 spiro atoms. The molecular weight excluding hydrogens is 238 g/mol. The summed E-state index contributed by atoms with van der Waals surface area (Å²) >= 11 is 0. The van der Waals surface area contributed by atoms with Crippen molar-refractivity contribution in [2.45, 2.75) is 24.8 Å². The van der Waals surface area contributed by atoms with E-state index in [4.69, 9.17) is 5.73 Å². The summed E-state index contributed by atoms with van der Waals surface area (Å²) in [4.78, 5) is 13.4. The van der Waals surface area contributed by atoms with Crippen LogP contribution in [0.15, 0.2) is 24.3 Å². The molecule has 0 saturated carbocycles. The lowest BCUT2D eigenvalue weighted by molar-refractivity contribution is -0.119. The summed E-state index contributed by atoms with van der Waals surface area (Å²) in [5.41, 5.74) is 8.41. The minimum Gasteiger partial charge on any atom is -0.369 e. The van der Waals surface area contributed by atoms with Crippen LogP contribution in [0.3, 0.4) is 0 Å². The van der Waals surface area contributed by atoms with E-state index in [9.17, 15) is 4.79 Å². The number of fused-ring (bicyclic) bond motifs is 2. The Hall–Kier alpha value is -1.39. The number of benzene rings is 1. The van der Waals surface area contributed by atoms with Gasteiger partial charge in [0.25, 0.3) is 0 Å². The fourth-order valence-electron chi connectivity index (χ4n) is 3.65. The Kier molecular flexibility index (Phi) is 3.29. The summed E-state index contributed by atoms with van der Waals surface area (Å²) in [7, 11) is 0. The summed E-state index contributed by atoms with van der Waals surface area (Å²) in [6, 6.07) is 8.67. The van der Waals surface area contributed by atoms with Crippen LogP contribution in [-0.4, -0.2) is 37.0 Å². The summed E-state index contributed by atoms with van der Waals surface area (Å²) in [6.07, 6.45) is 2.28. The van der Waals surface area contributed by atoms with Crippen LogP contribution >= 0.6 is 0 Å². The number of carbonyl (C=O) groups excluding carboxylic acids is 1. The molecule has 1 saturated heterocycles. The zero-order valence-corrected chi connectivity index (χ0v) is 11.2. The van der Waals surface area contributed by atoms with Gasteiger partial charge in [0.05, 0.1) is 6.54 Å². The van der Waals surface area contributed by atoms with Crippen molar-refractivity contribution in [3.05, 3.63) is 35.4 Å². The van der Waals surface area contributed by atoms with Gasteiger partial charge in [0.15, 0.2) is 0 Å². The van der Waals surface area contributed by atoms with Crippen molar-refractivity contribution in [1.29, 1.82) is 0 Å². The van der Waals surface area contributed by atoms with Gasteiger partial charge in [-0.3, -0.25) is 9.69 Å². The third-order valence-corrected chi connectivity index (χ3v) is 4.45. The Balaban J connectivity index is 1.95. The lowest BCUT2D eigenvalue weighted by atomic mass is 9.69. The fraction of sp³-hybridized carbons (Fsp3) is 0.533. The molecule has 102 valence electrons. The maximum atomic E-state index is 11.2. The van der Waals surface area contributed by atoms with Gasteiger partial charge in [0.1, 0.15) is 0 Å². The molecule has 2 heterocycles. The van der Waals surface area contributed by atoms with Crippen LogP contribution in [0.5, 0.6) is 0 Å². The first-order valence-corrected chi connectivity index (χ1v) is 6.99. The largest absolute Gasteiger partial charge is 0.369 e. The first-order chi connectivity index (χ1) is 9.20. The molecular formula is C15H21N3O. The van der Waals surface area contributed by atoms with Crippen molar-refractivity contribution < 1.29 is 4.79 Å². The van der Waals surface area contributed by atoms with Crippen LogP contribution in [0, 0.1) is 0 Å². The van der Waals surface area contributed by atoms with Gasteiger partial charge >= 0.3 is 0 Å². The van der Waals surface area contributed by atoms with E-state index in [1.807, 2.05) is 0 Å². The van der Waals surface area contributed by atoms with Crippen molar-refractivity contribution in [2.75, 3.05) is 26.2 Å². The number of nitrogens with two attached hydrogens (primary N) is 1. The van der Waals surface area contributed by atoms with E-state index in [2.05, 4.69) is 34.5 Å². The quantitative estimate of drug-likeness (QED) is 0.818. The highest BCUT2D eigenvalue weighted by Crippen LogP contribution is 2.40. The number of nitrogens with zero attached hydrogens (tertiary/aromatic N) is 1. The lowest BCUT2D eigenvalue weighted by Crippen LogP contribution is -2.52. The Morgan fingerprint density at radius 3 is 2.79 bits per heavy atom. The zero-order valence-electron chi connectivity index (χ0n) is 11.2. The van der Waals surface area contributed by atoms with Crippen LogP contribution in [-0.2, 0) is 16.8 Å². The average Bonchev–Trinajstić information content (AvgIpc) is 2.39. The highest BCUT2D eigenvalue weighted by atomic mass is 16.1. The highest BCUT2D eigenvalue weighted by Gasteiger charge is 2.40. The normalized spacial score (nSPS) is 22.1. The van der Waals surface area contributed by atoms with E-state index >= 15 is 0 Å². The summed E-state index contributed by atoms with van der Waals surface area (Å²) in [6.45, 7) is 4.27. The van der Waals surface area contributed by atoms with Crippen LogP contribution in [0.2, 0.25) is 0 Å². The molecule has 1 aromatic carbocycles. The minimum atomic E-state index is -0.233. The summed E-state index contributed by atoms with van der Waals surface area (Å²) in [5.74, 6) is -0.233. The lowest BCUT2D eigenvalue weighted by Gasteiger charge is -2.46. The molecule has 0 aliphatic carbocycles. The molecule has 0 atom stereocenters. The smallest absolute Gasteiger partial charge is 0.231 e. The molecule has 0 bridgehead atoms. The Morgan fingerprint density at radius 1 is 1.32 bits per heavy atom. The third-order valence-electron chi connectivity index (χ3n) is 4.45. The van der Waals surface area contributed by atoms with Crippen molar-refractivity contribution in [2.24, 2.45) is 5.73 Å². The minimum absolute atomic E-state index is 0.204. The highest BCUT2D eigenvalue weighted by molar-refractivity contribution is 5.76. The fourth-order valence-corrected chi connectivity index (χ4v) is 3.65. The van der Waals surface area contributed by atoms with Gasteiger partial charge in [0, 0.05) is 18.5 Å². The number of carbonyl (C=O) groups is 1. The van der Waals surface area contributed by atoms with E-state index in [0.717, 1.165) is 39.0 Å². The first kappa shape index (κ1) is 12.6. The average molecular weight is 259 g/mol. The Bertz CT molecular complexity index is 480. The number of hydrogen-bond acceptors (Lipinski definition) is 3. The standard InChI is InChI=1S/C15H21N3O/c16-14(19)10-18-9-12-3-1-2-4-13(12)15(11-18)5-7-17-8-6-15/h1-4,17H,5-11H2,(H2,16,19). The molecule has 3 N–H and O–H groups in total. The van der Waals surface area contributed by atoms with Crippen LogP contribution < -0.4 is 11.1 Å². The third kappa shape index (κ3) is 2.38. The maximum absolute atomic E-state index is 11.2. The van der Waals surface area contributed by atoms with Gasteiger partial charge in [-0.2, -0.15) is 0 Å². The van der Waals surface area contributed by atoms with Gasteiger partial charge in [0.2, 0.25) is 5.91 Å². The second kappa shape index (κ2) is 4.94. The predicted molar refractivity (Wildman–Crippen MR) is 74.7 cm³/mol. The molecule has 4 heteroatoms. The van der Waals surface area contributed by atoms with Gasteiger partial charge in [-0.05, 0) is 37.1 Å². The monoisotopic (exact) mass is 259 g/mol. The summed E-state index contributed by atoms with van der Waals surface area (Å²) in [5, 5.41) is 3.43. The number of nitrogens with one attached hydrogen (secondary N) is 1. The van der Waals surface area contributed by atoms with Crippen molar-refractivity contribution in [3.8, 4) is 0 Å². The number of amides is 1. The molecule has 19 heavy (non-hydrogen) atoms. The molecule has 0 unspecified atom stereocenters. The topological polar surface area (TPSA) is 58.4 Å². The van der Waals surface area contributed by atoms with Crippen LogP contribution in [0.4, 0.5) is 0 Å². The van der Waals surface area contributed by atoms with Gasteiger partial charge in [-0.15, -0.1) is 0 Å². The SMILES string of the molecule is NC(=O)CN1Cc2ccccc2C2(CCNCC2)C1. The van der Waals surface area contributed by atoms with E-state index in [1.165, 1.54) is 11.1 Å². The first-order valence-electron chi connectivity index (χ1n) is 6.99. The van der Waals surface area contributed by atoms with Gasteiger partial charge < -0.3 is 11.1 Å². The Morgan fingerprint density at radius 2 is 2.05 bits per heavy atom. The van der Waals surface area contributed by atoms with Gasteiger partial charge in [-0.25, -0.2) is 0 Å². The number of primary amides is 1. The molecule has 1 fully saturated rings.